The van der Waals surface area contributed by atoms with Crippen LogP contribution in [0.3, 0.4) is 0 Å². The maximum absolute atomic E-state index is 11.2. The summed E-state index contributed by atoms with van der Waals surface area (Å²) >= 11 is 0. The Morgan fingerprint density at radius 1 is 1.33 bits per heavy atom. The van der Waals surface area contributed by atoms with E-state index < -0.39 is 10.8 Å². The first-order chi connectivity index (χ1) is 8.76. The van der Waals surface area contributed by atoms with Gasteiger partial charge in [0.2, 0.25) is 0 Å². The molecule has 0 amide bonds. The van der Waals surface area contributed by atoms with Gasteiger partial charge in [0.15, 0.2) is 0 Å². The summed E-state index contributed by atoms with van der Waals surface area (Å²) in [7, 11) is -0.681. The highest BCUT2D eigenvalue weighted by Gasteiger charge is 1.98. The molecule has 102 valence electrons. The van der Waals surface area contributed by atoms with Crippen LogP contribution in [0.5, 0.6) is 5.75 Å². The minimum Gasteiger partial charge on any atom is -0.494 e. The number of rotatable bonds is 9. The molecule has 0 spiro atoms. The molecule has 18 heavy (non-hydrogen) atoms. The van der Waals surface area contributed by atoms with E-state index in [0.717, 1.165) is 43.4 Å². The van der Waals surface area contributed by atoms with Crippen LogP contribution in [-0.2, 0) is 17.3 Å². The zero-order chi connectivity index (χ0) is 13.2. The summed E-state index contributed by atoms with van der Waals surface area (Å²) < 4.78 is 16.8. The van der Waals surface area contributed by atoms with Gasteiger partial charge in [-0.25, -0.2) is 0 Å². The fraction of sp³-hybridized carbons (Fsp3) is 0.571. The average Bonchev–Trinajstić information content (AvgIpc) is 2.41. The molecule has 1 aromatic rings. The van der Waals surface area contributed by atoms with Crippen molar-refractivity contribution in [1.82, 2.24) is 5.32 Å². The van der Waals surface area contributed by atoms with Crippen molar-refractivity contribution >= 4 is 10.8 Å². The van der Waals surface area contributed by atoms with E-state index in [4.69, 9.17) is 4.74 Å². The minimum absolute atomic E-state index is 0.681. The molecule has 1 atom stereocenters. The highest BCUT2D eigenvalue weighted by molar-refractivity contribution is 7.84. The first-order valence-corrected chi connectivity index (χ1v) is 8.02. The van der Waals surface area contributed by atoms with E-state index in [1.807, 2.05) is 19.1 Å². The summed E-state index contributed by atoms with van der Waals surface area (Å²) in [5, 5.41) is 3.30. The predicted molar refractivity (Wildman–Crippen MR) is 77.5 cm³/mol. The summed E-state index contributed by atoms with van der Waals surface area (Å²) in [5.41, 5.74) is 1.20. The smallest absolute Gasteiger partial charge is 0.119 e. The number of benzene rings is 1. The van der Waals surface area contributed by atoms with Crippen LogP contribution in [0.4, 0.5) is 0 Å². The van der Waals surface area contributed by atoms with Crippen molar-refractivity contribution < 1.29 is 8.95 Å². The van der Waals surface area contributed by atoms with Gasteiger partial charge in [-0.2, -0.15) is 0 Å². The topological polar surface area (TPSA) is 38.3 Å². The Morgan fingerprint density at radius 2 is 2.17 bits per heavy atom. The number of hydrogen-bond acceptors (Lipinski definition) is 3. The molecule has 0 aliphatic carbocycles. The van der Waals surface area contributed by atoms with E-state index in [1.54, 1.807) is 0 Å². The third kappa shape index (κ3) is 6.17. The molecular formula is C14H23NO2S. The second-order valence-corrected chi connectivity index (χ2v) is 5.97. The average molecular weight is 269 g/mol. The molecule has 0 saturated carbocycles. The van der Waals surface area contributed by atoms with Gasteiger partial charge in [0, 0.05) is 35.4 Å². The van der Waals surface area contributed by atoms with Crippen molar-refractivity contribution in [2.75, 3.05) is 24.7 Å². The molecular weight excluding hydrogens is 246 g/mol. The van der Waals surface area contributed by atoms with Gasteiger partial charge < -0.3 is 10.1 Å². The first-order valence-electron chi connectivity index (χ1n) is 6.53. The Morgan fingerprint density at radius 3 is 2.89 bits per heavy atom. The van der Waals surface area contributed by atoms with E-state index in [-0.39, 0.29) is 0 Å². The molecule has 0 saturated heterocycles. The number of hydrogen-bond donors (Lipinski definition) is 1. The SMILES string of the molecule is CCCOc1cccc(CNCCS(=O)CC)c1. The van der Waals surface area contributed by atoms with Crippen LogP contribution in [-0.4, -0.2) is 28.9 Å². The van der Waals surface area contributed by atoms with Crippen molar-refractivity contribution in [1.29, 1.82) is 0 Å². The van der Waals surface area contributed by atoms with Gasteiger partial charge in [0.25, 0.3) is 0 Å². The van der Waals surface area contributed by atoms with Gasteiger partial charge in [-0.15, -0.1) is 0 Å². The molecule has 0 radical (unpaired) electrons. The minimum atomic E-state index is -0.681. The van der Waals surface area contributed by atoms with Crippen LogP contribution in [0, 0.1) is 0 Å². The lowest BCUT2D eigenvalue weighted by molar-refractivity contribution is 0.317. The summed E-state index contributed by atoms with van der Waals surface area (Å²) in [6.45, 7) is 6.39. The fourth-order valence-corrected chi connectivity index (χ4v) is 2.19. The number of ether oxygens (including phenoxy) is 1. The van der Waals surface area contributed by atoms with Crippen LogP contribution in [0.25, 0.3) is 0 Å². The molecule has 1 N–H and O–H groups in total. The third-order valence-corrected chi connectivity index (χ3v) is 3.83. The van der Waals surface area contributed by atoms with Crippen LogP contribution < -0.4 is 10.1 Å². The van der Waals surface area contributed by atoms with E-state index in [9.17, 15) is 4.21 Å². The summed E-state index contributed by atoms with van der Waals surface area (Å²) in [4.78, 5) is 0. The van der Waals surface area contributed by atoms with E-state index in [1.165, 1.54) is 5.56 Å². The second-order valence-electron chi connectivity index (χ2n) is 4.11. The lowest BCUT2D eigenvalue weighted by Crippen LogP contribution is -2.20. The Kier molecular flexibility index (Phi) is 7.69. The molecule has 0 aliphatic heterocycles. The molecule has 0 bridgehead atoms. The van der Waals surface area contributed by atoms with Crippen molar-refractivity contribution in [2.45, 2.75) is 26.8 Å². The normalized spacial score (nSPS) is 12.3. The Labute approximate surface area is 112 Å². The van der Waals surface area contributed by atoms with Crippen LogP contribution in [0.1, 0.15) is 25.8 Å². The molecule has 1 unspecified atom stereocenters. The standard InChI is InChI=1S/C14H23NO2S/c1-3-9-17-14-7-5-6-13(11-14)12-15-8-10-18(16)4-2/h5-7,11,15H,3-4,8-10,12H2,1-2H3. The van der Waals surface area contributed by atoms with Crippen LogP contribution in [0.2, 0.25) is 0 Å². The maximum Gasteiger partial charge on any atom is 0.119 e. The molecule has 0 heterocycles. The Bertz CT molecular complexity index is 369. The van der Waals surface area contributed by atoms with Gasteiger partial charge in [0.05, 0.1) is 6.61 Å². The molecule has 1 rings (SSSR count). The molecule has 3 nitrogen and oxygen atoms in total. The van der Waals surface area contributed by atoms with Gasteiger partial charge in [-0.3, -0.25) is 4.21 Å². The Hall–Kier alpha value is -0.870. The van der Waals surface area contributed by atoms with Gasteiger partial charge in [0.1, 0.15) is 5.75 Å². The molecule has 1 aromatic carbocycles. The summed E-state index contributed by atoms with van der Waals surface area (Å²) in [5.74, 6) is 2.39. The summed E-state index contributed by atoms with van der Waals surface area (Å²) in [6, 6.07) is 8.11. The van der Waals surface area contributed by atoms with Crippen molar-refractivity contribution in [3.05, 3.63) is 29.8 Å². The molecule has 0 fully saturated rings. The number of nitrogens with one attached hydrogen (secondary N) is 1. The summed E-state index contributed by atoms with van der Waals surface area (Å²) in [6.07, 6.45) is 1.02. The molecule has 0 aromatic heterocycles. The van der Waals surface area contributed by atoms with E-state index in [2.05, 4.69) is 24.4 Å². The fourth-order valence-electron chi connectivity index (χ4n) is 1.53. The maximum atomic E-state index is 11.2. The lowest BCUT2D eigenvalue weighted by atomic mass is 10.2. The monoisotopic (exact) mass is 269 g/mol. The van der Waals surface area contributed by atoms with Gasteiger partial charge in [-0.05, 0) is 24.1 Å². The van der Waals surface area contributed by atoms with Crippen LogP contribution >= 0.6 is 0 Å². The van der Waals surface area contributed by atoms with Crippen LogP contribution in [0.15, 0.2) is 24.3 Å². The highest BCUT2D eigenvalue weighted by Crippen LogP contribution is 2.13. The molecule has 0 aliphatic rings. The predicted octanol–water partition coefficient (Wildman–Crippen LogP) is 2.33. The van der Waals surface area contributed by atoms with Gasteiger partial charge in [-0.1, -0.05) is 26.0 Å². The zero-order valence-electron chi connectivity index (χ0n) is 11.3. The van der Waals surface area contributed by atoms with Gasteiger partial charge >= 0.3 is 0 Å². The highest BCUT2D eigenvalue weighted by atomic mass is 32.2. The zero-order valence-corrected chi connectivity index (χ0v) is 12.1. The van der Waals surface area contributed by atoms with Crippen molar-refractivity contribution in [3.8, 4) is 5.75 Å². The largest absolute Gasteiger partial charge is 0.494 e. The van der Waals surface area contributed by atoms with Crippen molar-refractivity contribution in [3.63, 3.8) is 0 Å². The molecule has 4 heteroatoms. The second kappa shape index (κ2) is 9.11. The lowest BCUT2D eigenvalue weighted by Gasteiger charge is -2.08. The van der Waals surface area contributed by atoms with E-state index in [0.29, 0.717) is 0 Å². The quantitative estimate of drug-likeness (QED) is 0.699. The Balaban J connectivity index is 2.31. The van der Waals surface area contributed by atoms with Crippen molar-refractivity contribution in [2.24, 2.45) is 0 Å². The first kappa shape index (κ1) is 15.2. The third-order valence-electron chi connectivity index (χ3n) is 2.53. The van der Waals surface area contributed by atoms with E-state index >= 15 is 0 Å².